The zero-order chi connectivity index (χ0) is 18.9. The van der Waals surface area contributed by atoms with Crippen LogP contribution in [0.2, 0.25) is 0 Å². The Morgan fingerprint density at radius 2 is 1.96 bits per heavy atom. The van der Waals surface area contributed by atoms with Crippen molar-refractivity contribution in [3.8, 4) is 0 Å². The molecule has 0 aromatic heterocycles. The van der Waals surface area contributed by atoms with Crippen molar-refractivity contribution < 1.29 is 23.8 Å². The number of morpholine rings is 1. The number of esters is 1. The van der Waals surface area contributed by atoms with Gasteiger partial charge in [-0.1, -0.05) is 0 Å². The first kappa shape index (κ1) is 21.8. The Labute approximate surface area is 150 Å². The van der Waals surface area contributed by atoms with Gasteiger partial charge in [0, 0.05) is 31.8 Å². The SMILES string of the molecule is CCOC[C@@H](C(=O)OC)N(C)CC(=O)NCC(C)(C)N1CCOCC1. The molecule has 1 aliphatic heterocycles. The van der Waals surface area contributed by atoms with Crippen LogP contribution in [-0.2, 0) is 23.8 Å². The molecule has 0 aromatic carbocycles. The molecule has 0 aromatic rings. The first-order chi connectivity index (χ1) is 11.8. The first-order valence-corrected chi connectivity index (χ1v) is 8.77. The third-order valence-corrected chi connectivity index (χ3v) is 4.46. The van der Waals surface area contributed by atoms with Gasteiger partial charge in [-0.05, 0) is 27.8 Å². The van der Waals surface area contributed by atoms with Gasteiger partial charge in [0.25, 0.3) is 0 Å². The van der Waals surface area contributed by atoms with Gasteiger partial charge in [-0.3, -0.25) is 19.4 Å². The van der Waals surface area contributed by atoms with Crippen molar-refractivity contribution in [2.24, 2.45) is 0 Å². The lowest BCUT2D eigenvalue weighted by Gasteiger charge is -2.41. The molecule has 1 N–H and O–H groups in total. The number of rotatable bonds is 10. The fourth-order valence-electron chi connectivity index (χ4n) is 2.73. The lowest BCUT2D eigenvalue weighted by atomic mass is 10.0. The van der Waals surface area contributed by atoms with Gasteiger partial charge < -0.3 is 19.5 Å². The normalized spacial score (nSPS) is 17.4. The molecule has 1 atom stereocenters. The minimum atomic E-state index is -0.594. The molecule has 0 unspecified atom stereocenters. The van der Waals surface area contributed by atoms with Crippen LogP contribution >= 0.6 is 0 Å². The number of hydrogen-bond acceptors (Lipinski definition) is 7. The maximum atomic E-state index is 12.3. The molecule has 0 radical (unpaired) electrons. The molecule has 1 aliphatic rings. The van der Waals surface area contributed by atoms with Crippen LogP contribution < -0.4 is 5.32 Å². The summed E-state index contributed by atoms with van der Waals surface area (Å²) in [6, 6.07) is -0.594. The van der Waals surface area contributed by atoms with Gasteiger partial charge in [-0.2, -0.15) is 0 Å². The average molecular weight is 359 g/mol. The first-order valence-electron chi connectivity index (χ1n) is 8.77. The van der Waals surface area contributed by atoms with Crippen molar-refractivity contribution in [2.45, 2.75) is 32.4 Å². The van der Waals surface area contributed by atoms with Crippen molar-refractivity contribution in [1.82, 2.24) is 15.1 Å². The highest BCUT2D eigenvalue weighted by atomic mass is 16.5. The minimum absolute atomic E-state index is 0.103. The minimum Gasteiger partial charge on any atom is -0.468 e. The predicted molar refractivity (Wildman–Crippen MR) is 94.4 cm³/mol. The predicted octanol–water partition coefficient (Wildman–Crippen LogP) is -0.277. The summed E-state index contributed by atoms with van der Waals surface area (Å²) in [5.41, 5.74) is -0.148. The number of carbonyl (C=O) groups excluding carboxylic acids is 2. The van der Waals surface area contributed by atoms with E-state index >= 15 is 0 Å². The molecule has 0 bridgehead atoms. The zero-order valence-electron chi connectivity index (χ0n) is 16.2. The fourth-order valence-corrected chi connectivity index (χ4v) is 2.73. The quantitative estimate of drug-likeness (QED) is 0.538. The van der Waals surface area contributed by atoms with E-state index < -0.39 is 12.0 Å². The number of likely N-dealkylation sites (N-methyl/N-ethyl adjacent to an activating group) is 1. The number of carbonyl (C=O) groups is 2. The maximum Gasteiger partial charge on any atom is 0.325 e. The van der Waals surface area contributed by atoms with E-state index in [1.54, 1.807) is 11.9 Å². The second kappa shape index (κ2) is 10.7. The molecule has 1 amide bonds. The maximum absolute atomic E-state index is 12.3. The van der Waals surface area contributed by atoms with Crippen molar-refractivity contribution in [2.75, 3.05) is 66.8 Å². The van der Waals surface area contributed by atoms with E-state index in [1.807, 2.05) is 6.92 Å². The molecule has 1 heterocycles. The van der Waals surface area contributed by atoms with Crippen LogP contribution in [0.25, 0.3) is 0 Å². The summed E-state index contributed by atoms with van der Waals surface area (Å²) >= 11 is 0. The Hall–Kier alpha value is -1.22. The van der Waals surface area contributed by atoms with Crippen molar-refractivity contribution >= 4 is 11.9 Å². The lowest BCUT2D eigenvalue weighted by Crippen LogP contribution is -2.56. The Morgan fingerprint density at radius 3 is 2.52 bits per heavy atom. The molecule has 0 spiro atoms. The lowest BCUT2D eigenvalue weighted by molar-refractivity contribution is -0.149. The Morgan fingerprint density at radius 1 is 1.32 bits per heavy atom. The molecular formula is C17H33N3O5. The third-order valence-electron chi connectivity index (χ3n) is 4.46. The van der Waals surface area contributed by atoms with Crippen LogP contribution in [-0.4, -0.2) is 100 Å². The molecule has 8 heteroatoms. The molecule has 1 rings (SSSR count). The van der Waals surface area contributed by atoms with Crippen LogP contribution in [0.3, 0.4) is 0 Å². The van der Waals surface area contributed by atoms with Crippen molar-refractivity contribution in [3.05, 3.63) is 0 Å². The van der Waals surface area contributed by atoms with E-state index in [9.17, 15) is 9.59 Å². The number of ether oxygens (including phenoxy) is 3. The van der Waals surface area contributed by atoms with E-state index in [1.165, 1.54) is 7.11 Å². The Bertz CT molecular complexity index is 425. The van der Waals surface area contributed by atoms with Crippen LogP contribution in [0.5, 0.6) is 0 Å². The number of hydrogen-bond donors (Lipinski definition) is 1. The molecule has 0 aliphatic carbocycles. The van der Waals surface area contributed by atoms with Gasteiger partial charge in [0.1, 0.15) is 6.04 Å². The van der Waals surface area contributed by atoms with Crippen LogP contribution in [0.1, 0.15) is 20.8 Å². The Balaban J connectivity index is 2.48. The highest BCUT2D eigenvalue weighted by molar-refractivity contribution is 5.80. The van der Waals surface area contributed by atoms with Crippen LogP contribution in [0.15, 0.2) is 0 Å². The summed E-state index contributed by atoms with van der Waals surface area (Å²) in [5.74, 6) is -0.536. The summed E-state index contributed by atoms with van der Waals surface area (Å²) in [6.45, 7) is 10.6. The van der Waals surface area contributed by atoms with E-state index in [0.717, 1.165) is 26.3 Å². The summed E-state index contributed by atoms with van der Waals surface area (Å²) in [5, 5.41) is 2.96. The molecule has 1 fully saturated rings. The van der Waals surface area contributed by atoms with Gasteiger partial charge >= 0.3 is 5.97 Å². The van der Waals surface area contributed by atoms with Crippen molar-refractivity contribution in [1.29, 1.82) is 0 Å². The standard InChI is InChI=1S/C17H33N3O5/c1-6-24-12-14(16(22)23-5)19(4)11-15(21)18-13-17(2,3)20-7-9-25-10-8-20/h14H,6-13H2,1-5H3,(H,18,21)/t14-/m0/s1. The molecule has 1 saturated heterocycles. The molecular weight excluding hydrogens is 326 g/mol. The highest BCUT2D eigenvalue weighted by Crippen LogP contribution is 2.15. The van der Waals surface area contributed by atoms with Gasteiger partial charge in [0.05, 0.1) is 33.5 Å². The number of nitrogens with zero attached hydrogens (tertiary/aromatic N) is 2. The van der Waals surface area contributed by atoms with E-state index in [2.05, 4.69) is 24.1 Å². The fraction of sp³-hybridized carbons (Fsp3) is 0.882. The molecule has 146 valence electrons. The van der Waals surface area contributed by atoms with Gasteiger partial charge in [-0.25, -0.2) is 0 Å². The third kappa shape index (κ3) is 7.27. The topological polar surface area (TPSA) is 80.3 Å². The zero-order valence-corrected chi connectivity index (χ0v) is 16.2. The van der Waals surface area contributed by atoms with E-state index in [-0.39, 0.29) is 24.6 Å². The second-order valence-electron chi connectivity index (χ2n) is 6.80. The summed E-state index contributed by atoms with van der Waals surface area (Å²) < 4.78 is 15.5. The highest BCUT2D eigenvalue weighted by Gasteiger charge is 2.30. The van der Waals surface area contributed by atoms with Gasteiger partial charge in [0.2, 0.25) is 5.91 Å². The van der Waals surface area contributed by atoms with Crippen molar-refractivity contribution in [3.63, 3.8) is 0 Å². The summed E-state index contributed by atoms with van der Waals surface area (Å²) in [4.78, 5) is 28.1. The van der Waals surface area contributed by atoms with Gasteiger partial charge in [0.15, 0.2) is 0 Å². The smallest absolute Gasteiger partial charge is 0.325 e. The van der Waals surface area contributed by atoms with Crippen LogP contribution in [0.4, 0.5) is 0 Å². The van der Waals surface area contributed by atoms with E-state index in [0.29, 0.717) is 13.2 Å². The summed E-state index contributed by atoms with van der Waals surface area (Å²) in [7, 11) is 3.05. The second-order valence-corrected chi connectivity index (χ2v) is 6.80. The van der Waals surface area contributed by atoms with Crippen LogP contribution in [0, 0.1) is 0 Å². The largest absolute Gasteiger partial charge is 0.468 e. The number of methoxy groups -OCH3 is 1. The summed E-state index contributed by atoms with van der Waals surface area (Å²) in [6.07, 6.45) is 0. The number of amides is 1. The average Bonchev–Trinajstić information content (AvgIpc) is 2.61. The number of nitrogens with one attached hydrogen (secondary N) is 1. The monoisotopic (exact) mass is 359 g/mol. The van der Waals surface area contributed by atoms with Gasteiger partial charge in [-0.15, -0.1) is 0 Å². The Kier molecular flexibility index (Phi) is 9.34. The molecule has 0 saturated carbocycles. The van der Waals surface area contributed by atoms with E-state index in [4.69, 9.17) is 14.2 Å². The molecule has 8 nitrogen and oxygen atoms in total. The molecule has 25 heavy (non-hydrogen) atoms.